The van der Waals surface area contributed by atoms with Gasteiger partial charge >= 0.3 is 5.97 Å². The van der Waals surface area contributed by atoms with Gasteiger partial charge in [-0.15, -0.1) is 0 Å². The lowest BCUT2D eigenvalue weighted by Crippen LogP contribution is -2.41. The first-order valence-corrected chi connectivity index (χ1v) is 13.7. The van der Waals surface area contributed by atoms with Gasteiger partial charge in [-0.3, -0.25) is 9.69 Å². The Hall–Kier alpha value is -3.15. The summed E-state index contributed by atoms with van der Waals surface area (Å²) in [5.74, 6) is 2.48. The number of carbonyl (C=O) groups excluding carboxylic acids is 2. The Kier molecular flexibility index (Phi) is 9.37. The highest BCUT2D eigenvalue weighted by molar-refractivity contribution is 5.94. The van der Waals surface area contributed by atoms with Crippen LogP contribution in [0.2, 0.25) is 0 Å². The van der Waals surface area contributed by atoms with E-state index in [2.05, 4.69) is 30.1 Å². The molecule has 2 fully saturated rings. The van der Waals surface area contributed by atoms with Crippen molar-refractivity contribution in [2.24, 2.45) is 11.8 Å². The van der Waals surface area contributed by atoms with Crippen LogP contribution in [0.4, 0.5) is 5.82 Å². The highest BCUT2D eigenvalue weighted by Gasteiger charge is 2.31. The smallest absolute Gasteiger partial charge is 0.330 e. The van der Waals surface area contributed by atoms with Crippen LogP contribution in [0.5, 0.6) is 5.75 Å². The second kappa shape index (κ2) is 12.9. The van der Waals surface area contributed by atoms with Crippen LogP contribution in [0.3, 0.4) is 0 Å². The number of amides is 1. The van der Waals surface area contributed by atoms with E-state index in [1.807, 2.05) is 17.0 Å². The SMILES string of the molecule is COC(=O)/C=C/c1ccnc(N(CC2CCC(c3ccc(OC)c(C)c3)CC2)C(=O)C2CCCCC2)c1. The molecule has 0 aliphatic heterocycles. The van der Waals surface area contributed by atoms with Crippen molar-refractivity contribution < 1.29 is 19.1 Å². The predicted octanol–water partition coefficient (Wildman–Crippen LogP) is 6.47. The van der Waals surface area contributed by atoms with Gasteiger partial charge in [-0.1, -0.05) is 31.4 Å². The molecule has 2 aromatic rings. The number of hydrogen-bond donors (Lipinski definition) is 0. The summed E-state index contributed by atoms with van der Waals surface area (Å²) in [5.41, 5.74) is 3.40. The minimum atomic E-state index is -0.405. The van der Waals surface area contributed by atoms with Crippen molar-refractivity contribution in [1.82, 2.24) is 4.98 Å². The summed E-state index contributed by atoms with van der Waals surface area (Å²) in [5, 5.41) is 0. The number of rotatable bonds is 8. The number of methoxy groups -OCH3 is 2. The second-order valence-electron chi connectivity index (χ2n) is 10.5. The van der Waals surface area contributed by atoms with E-state index in [9.17, 15) is 9.59 Å². The van der Waals surface area contributed by atoms with E-state index >= 15 is 0 Å². The topological polar surface area (TPSA) is 68.7 Å². The fraction of sp³-hybridized carbons (Fsp3) is 0.516. The average Bonchev–Trinajstić information content (AvgIpc) is 2.95. The molecule has 1 heterocycles. The standard InChI is InChI=1S/C31H40N2O4/c1-22-19-27(14-15-28(22)36-2)25-12-9-24(10-13-25)21-33(31(35)26-7-5-4-6-8-26)29-20-23(17-18-32-29)11-16-30(34)37-3/h11,14-20,24-26H,4-10,12-13,21H2,1-3H3/b16-11+. The second-order valence-corrected chi connectivity index (χ2v) is 10.5. The number of pyridine rings is 1. The Morgan fingerprint density at radius 3 is 2.43 bits per heavy atom. The first kappa shape index (κ1) is 26.9. The largest absolute Gasteiger partial charge is 0.496 e. The molecule has 2 aliphatic carbocycles. The van der Waals surface area contributed by atoms with E-state index in [4.69, 9.17) is 9.47 Å². The molecule has 1 aromatic carbocycles. The zero-order chi connectivity index (χ0) is 26.2. The third-order valence-corrected chi connectivity index (χ3v) is 8.06. The number of nitrogens with zero attached hydrogens (tertiary/aromatic N) is 2. The van der Waals surface area contributed by atoms with E-state index in [1.165, 1.54) is 30.7 Å². The zero-order valence-corrected chi connectivity index (χ0v) is 22.4. The summed E-state index contributed by atoms with van der Waals surface area (Å²) in [6, 6.07) is 10.3. The number of aromatic nitrogens is 1. The Labute approximate surface area is 221 Å². The number of aryl methyl sites for hydroxylation is 1. The van der Waals surface area contributed by atoms with Crippen molar-refractivity contribution in [2.75, 3.05) is 25.7 Å². The molecule has 1 amide bonds. The van der Waals surface area contributed by atoms with Gasteiger partial charge in [-0.25, -0.2) is 9.78 Å². The molecular formula is C31H40N2O4. The van der Waals surface area contributed by atoms with Crippen molar-refractivity contribution in [3.05, 3.63) is 59.3 Å². The Balaban J connectivity index is 1.48. The maximum atomic E-state index is 13.8. The summed E-state index contributed by atoms with van der Waals surface area (Å²) in [7, 11) is 3.08. The monoisotopic (exact) mass is 504 g/mol. The van der Waals surface area contributed by atoms with Gasteiger partial charge < -0.3 is 9.47 Å². The lowest BCUT2D eigenvalue weighted by Gasteiger charge is -2.35. The normalized spacial score (nSPS) is 20.5. The Morgan fingerprint density at radius 1 is 1.00 bits per heavy atom. The molecule has 0 N–H and O–H groups in total. The Bertz CT molecular complexity index is 1100. The number of esters is 1. The van der Waals surface area contributed by atoms with Crippen LogP contribution < -0.4 is 9.64 Å². The van der Waals surface area contributed by atoms with Gasteiger partial charge in [-0.05, 0) is 98.2 Å². The lowest BCUT2D eigenvalue weighted by atomic mass is 9.78. The number of hydrogen-bond acceptors (Lipinski definition) is 5. The third kappa shape index (κ3) is 7.00. The molecule has 1 aromatic heterocycles. The zero-order valence-electron chi connectivity index (χ0n) is 22.4. The molecular weight excluding hydrogens is 464 g/mol. The molecule has 0 bridgehead atoms. The van der Waals surface area contributed by atoms with Crippen LogP contribution >= 0.6 is 0 Å². The molecule has 0 atom stereocenters. The average molecular weight is 505 g/mol. The van der Waals surface area contributed by atoms with Gasteiger partial charge in [0.15, 0.2) is 0 Å². The first-order valence-electron chi connectivity index (χ1n) is 13.7. The molecule has 2 saturated carbocycles. The van der Waals surface area contributed by atoms with Gasteiger partial charge in [0, 0.05) is 24.7 Å². The van der Waals surface area contributed by atoms with Gasteiger partial charge in [0.05, 0.1) is 14.2 Å². The van der Waals surface area contributed by atoms with E-state index in [0.29, 0.717) is 24.2 Å². The molecule has 198 valence electrons. The van der Waals surface area contributed by atoms with Gasteiger partial charge in [0.25, 0.3) is 0 Å². The highest BCUT2D eigenvalue weighted by atomic mass is 16.5. The minimum Gasteiger partial charge on any atom is -0.496 e. The fourth-order valence-corrected chi connectivity index (χ4v) is 5.88. The molecule has 0 unspecified atom stereocenters. The summed E-state index contributed by atoms with van der Waals surface area (Å²) < 4.78 is 10.1. The van der Waals surface area contributed by atoms with Gasteiger partial charge in [0.2, 0.25) is 5.91 Å². The van der Waals surface area contributed by atoms with Gasteiger partial charge in [-0.2, -0.15) is 0 Å². The molecule has 2 aliphatic rings. The fourth-order valence-electron chi connectivity index (χ4n) is 5.88. The van der Waals surface area contributed by atoms with Crippen molar-refractivity contribution in [3.8, 4) is 5.75 Å². The van der Waals surface area contributed by atoms with Crippen molar-refractivity contribution >= 4 is 23.8 Å². The maximum absolute atomic E-state index is 13.8. The van der Waals surface area contributed by atoms with Crippen molar-refractivity contribution in [3.63, 3.8) is 0 Å². The van der Waals surface area contributed by atoms with Crippen LogP contribution in [0.25, 0.3) is 6.08 Å². The molecule has 0 radical (unpaired) electrons. The van der Waals surface area contributed by atoms with Crippen LogP contribution in [0, 0.1) is 18.8 Å². The van der Waals surface area contributed by atoms with E-state index in [-0.39, 0.29) is 11.8 Å². The van der Waals surface area contributed by atoms with E-state index in [1.54, 1.807) is 19.4 Å². The lowest BCUT2D eigenvalue weighted by molar-refractivity contribution is -0.134. The third-order valence-electron chi connectivity index (χ3n) is 8.06. The minimum absolute atomic E-state index is 0.0726. The quantitative estimate of drug-likeness (QED) is 0.304. The number of ether oxygens (including phenoxy) is 2. The highest BCUT2D eigenvalue weighted by Crippen LogP contribution is 2.38. The number of anilines is 1. The Morgan fingerprint density at radius 2 is 1.76 bits per heavy atom. The number of benzene rings is 1. The van der Waals surface area contributed by atoms with Gasteiger partial charge in [0.1, 0.15) is 11.6 Å². The first-order chi connectivity index (χ1) is 18.0. The van der Waals surface area contributed by atoms with Crippen molar-refractivity contribution in [1.29, 1.82) is 0 Å². The van der Waals surface area contributed by atoms with E-state index in [0.717, 1.165) is 62.7 Å². The van der Waals surface area contributed by atoms with Crippen LogP contribution in [-0.4, -0.2) is 37.6 Å². The molecule has 6 heteroatoms. The van der Waals surface area contributed by atoms with Crippen LogP contribution in [0.15, 0.2) is 42.6 Å². The summed E-state index contributed by atoms with van der Waals surface area (Å²) in [4.78, 5) is 31.9. The van der Waals surface area contributed by atoms with E-state index < -0.39 is 5.97 Å². The molecule has 4 rings (SSSR count). The molecule has 0 saturated heterocycles. The molecule has 6 nitrogen and oxygen atoms in total. The predicted molar refractivity (Wildman–Crippen MR) is 147 cm³/mol. The summed E-state index contributed by atoms with van der Waals surface area (Å²) in [6.07, 6.45) is 14.6. The molecule has 0 spiro atoms. The number of carbonyl (C=O) groups is 2. The molecule has 37 heavy (non-hydrogen) atoms. The van der Waals surface area contributed by atoms with Crippen LogP contribution in [0.1, 0.15) is 80.4 Å². The summed E-state index contributed by atoms with van der Waals surface area (Å²) in [6.45, 7) is 2.80. The summed E-state index contributed by atoms with van der Waals surface area (Å²) >= 11 is 0. The van der Waals surface area contributed by atoms with Crippen LogP contribution in [-0.2, 0) is 14.3 Å². The van der Waals surface area contributed by atoms with Crippen molar-refractivity contribution in [2.45, 2.75) is 70.6 Å². The maximum Gasteiger partial charge on any atom is 0.330 e.